The van der Waals surface area contributed by atoms with Crippen molar-refractivity contribution >= 4 is 0 Å². The Morgan fingerprint density at radius 3 is 2.70 bits per heavy atom. The first-order valence-electron chi connectivity index (χ1n) is 3.81. The van der Waals surface area contributed by atoms with Crippen molar-refractivity contribution < 1.29 is 5.11 Å². The quantitative estimate of drug-likeness (QED) is 0.353. The van der Waals surface area contributed by atoms with Crippen LogP contribution in [0.1, 0.15) is 32.6 Å². The summed E-state index contributed by atoms with van der Waals surface area (Å²) in [6, 6.07) is 0. The molecule has 0 atom stereocenters. The predicted octanol–water partition coefficient (Wildman–Crippen LogP) is 3.19. The second-order valence-corrected chi connectivity index (χ2v) is 2.39. The van der Waals surface area contributed by atoms with E-state index in [1.54, 1.807) is 6.08 Å². The van der Waals surface area contributed by atoms with Gasteiger partial charge in [-0.2, -0.15) is 0 Å². The van der Waals surface area contributed by atoms with Crippen molar-refractivity contribution in [1.29, 1.82) is 0 Å². The number of aliphatic hydroxyl groups is 1. The van der Waals surface area contributed by atoms with Crippen LogP contribution >= 0.6 is 0 Å². The van der Waals surface area contributed by atoms with Gasteiger partial charge < -0.3 is 5.11 Å². The Hall–Kier alpha value is -0.720. The molecule has 0 fully saturated rings. The number of allylic oxidation sites excluding steroid dienone is 2. The third kappa shape index (κ3) is 7.28. The van der Waals surface area contributed by atoms with Gasteiger partial charge in [-0.3, -0.25) is 0 Å². The monoisotopic (exact) mass is 140 g/mol. The maximum Gasteiger partial charge on any atom is 0.108 e. The van der Waals surface area contributed by atoms with Crippen molar-refractivity contribution in [2.75, 3.05) is 0 Å². The van der Waals surface area contributed by atoms with Crippen LogP contribution in [0.15, 0.2) is 24.5 Å². The topological polar surface area (TPSA) is 20.2 Å². The molecule has 0 aliphatic carbocycles. The van der Waals surface area contributed by atoms with E-state index in [1.807, 2.05) is 6.08 Å². The lowest BCUT2D eigenvalue weighted by Crippen LogP contribution is -1.72. The number of rotatable bonds is 5. The molecule has 0 aliphatic heterocycles. The van der Waals surface area contributed by atoms with Gasteiger partial charge in [0.25, 0.3) is 0 Å². The fourth-order valence-electron chi connectivity index (χ4n) is 0.732. The highest BCUT2D eigenvalue weighted by atomic mass is 16.3. The zero-order valence-corrected chi connectivity index (χ0v) is 6.64. The summed E-state index contributed by atoms with van der Waals surface area (Å²) >= 11 is 0. The molecule has 1 heteroatoms. The van der Waals surface area contributed by atoms with E-state index in [0.29, 0.717) is 0 Å². The van der Waals surface area contributed by atoms with E-state index >= 15 is 0 Å². The molecular weight excluding hydrogens is 124 g/mol. The predicted molar refractivity (Wildman–Crippen MR) is 45.1 cm³/mol. The van der Waals surface area contributed by atoms with Crippen LogP contribution in [0, 0.1) is 0 Å². The molecule has 0 amide bonds. The summed E-state index contributed by atoms with van der Waals surface area (Å²) in [6.07, 6.45) is 8.37. The molecule has 0 aliphatic rings. The second kappa shape index (κ2) is 6.40. The Morgan fingerprint density at radius 1 is 1.50 bits per heavy atom. The fraction of sp³-hybridized carbons (Fsp3) is 0.556. The zero-order chi connectivity index (χ0) is 7.82. The number of aliphatic hydroxyl groups excluding tert-OH is 1. The van der Waals surface area contributed by atoms with Gasteiger partial charge in [0.15, 0.2) is 0 Å². The summed E-state index contributed by atoms with van der Waals surface area (Å²) in [5, 5.41) is 8.63. The average Bonchev–Trinajstić information content (AvgIpc) is 1.87. The summed E-state index contributed by atoms with van der Waals surface area (Å²) in [7, 11) is 0. The fourth-order valence-corrected chi connectivity index (χ4v) is 0.732. The SMILES string of the molecule is C=C(O)C=CCCCCC. The molecule has 58 valence electrons. The smallest absolute Gasteiger partial charge is 0.108 e. The van der Waals surface area contributed by atoms with E-state index in [9.17, 15) is 0 Å². The van der Waals surface area contributed by atoms with E-state index in [0.717, 1.165) is 6.42 Å². The molecule has 0 aromatic carbocycles. The van der Waals surface area contributed by atoms with E-state index in [-0.39, 0.29) is 5.76 Å². The Kier molecular flexibility index (Phi) is 5.94. The van der Waals surface area contributed by atoms with E-state index in [2.05, 4.69) is 13.5 Å². The highest BCUT2D eigenvalue weighted by Crippen LogP contribution is 2.00. The van der Waals surface area contributed by atoms with Crippen LogP contribution in [0.2, 0.25) is 0 Å². The maximum absolute atomic E-state index is 8.63. The third-order valence-corrected chi connectivity index (χ3v) is 1.28. The van der Waals surface area contributed by atoms with Gasteiger partial charge in [-0.25, -0.2) is 0 Å². The standard InChI is InChI=1S/C9H16O/c1-3-4-5-6-7-8-9(2)10/h7-8,10H,2-6H2,1H3. The molecule has 1 nitrogen and oxygen atoms in total. The molecule has 0 unspecified atom stereocenters. The maximum atomic E-state index is 8.63. The molecule has 0 bridgehead atoms. The molecule has 0 saturated heterocycles. The van der Waals surface area contributed by atoms with Gasteiger partial charge in [0.1, 0.15) is 5.76 Å². The van der Waals surface area contributed by atoms with Crippen molar-refractivity contribution in [1.82, 2.24) is 0 Å². The lowest BCUT2D eigenvalue weighted by atomic mass is 10.2. The normalized spacial score (nSPS) is 10.5. The molecule has 0 heterocycles. The van der Waals surface area contributed by atoms with Gasteiger partial charge >= 0.3 is 0 Å². The van der Waals surface area contributed by atoms with Gasteiger partial charge in [0.05, 0.1) is 0 Å². The highest BCUT2D eigenvalue weighted by Gasteiger charge is 1.81. The van der Waals surface area contributed by atoms with Gasteiger partial charge in [0, 0.05) is 0 Å². The number of hydrogen-bond acceptors (Lipinski definition) is 1. The van der Waals surface area contributed by atoms with Gasteiger partial charge in [-0.1, -0.05) is 32.4 Å². The van der Waals surface area contributed by atoms with Crippen LogP contribution < -0.4 is 0 Å². The van der Waals surface area contributed by atoms with Gasteiger partial charge in [-0.15, -0.1) is 0 Å². The lowest BCUT2D eigenvalue weighted by Gasteiger charge is -1.90. The summed E-state index contributed by atoms with van der Waals surface area (Å²) < 4.78 is 0. The minimum absolute atomic E-state index is 0.150. The number of hydrogen-bond donors (Lipinski definition) is 1. The van der Waals surface area contributed by atoms with Crippen LogP contribution in [0.4, 0.5) is 0 Å². The molecule has 0 rings (SSSR count). The van der Waals surface area contributed by atoms with E-state index in [4.69, 9.17) is 5.11 Å². The second-order valence-electron chi connectivity index (χ2n) is 2.39. The molecule has 0 radical (unpaired) electrons. The van der Waals surface area contributed by atoms with Gasteiger partial charge in [0.2, 0.25) is 0 Å². The number of unbranched alkanes of at least 4 members (excludes halogenated alkanes) is 3. The molecule has 0 aromatic rings. The Labute approximate surface area is 63.1 Å². The van der Waals surface area contributed by atoms with E-state index in [1.165, 1.54) is 19.3 Å². The van der Waals surface area contributed by atoms with Crippen LogP contribution in [0.25, 0.3) is 0 Å². The van der Waals surface area contributed by atoms with E-state index < -0.39 is 0 Å². The van der Waals surface area contributed by atoms with Crippen LogP contribution in [-0.4, -0.2) is 5.11 Å². The van der Waals surface area contributed by atoms with Crippen molar-refractivity contribution in [2.24, 2.45) is 0 Å². The molecule has 0 aromatic heterocycles. The third-order valence-electron chi connectivity index (χ3n) is 1.28. The average molecular weight is 140 g/mol. The first kappa shape index (κ1) is 9.28. The molecular formula is C9H16O. The summed E-state index contributed by atoms with van der Waals surface area (Å²) in [5.74, 6) is 0.150. The van der Waals surface area contributed by atoms with Crippen molar-refractivity contribution in [3.8, 4) is 0 Å². The highest BCUT2D eigenvalue weighted by molar-refractivity contribution is 5.04. The molecule has 1 N–H and O–H groups in total. The Bertz CT molecular complexity index is 114. The lowest BCUT2D eigenvalue weighted by molar-refractivity contribution is 0.435. The Morgan fingerprint density at radius 2 is 2.20 bits per heavy atom. The van der Waals surface area contributed by atoms with Crippen molar-refractivity contribution in [3.63, 3.8) is 0 Å². The molecule has 0 saturated carbocycles. The first-order valence-corrected chi connectivity index (χ1v) is 3.81. The Balaban J connectivity index is 3.10. The minimum atomic E-state index is 0.150. The first-order chi connectivity index (χ1) is 4.77. The molecule has 0 spiro atoms. The zero-order valence-electron chi connectivity index (χ0n) is 6.64. The summed E-state index contributed by atoms with van der Waals surface area (Å²) in [6.45, 7) is 5.52. The van der Waals surface area contributed by atoms with Crippen LogP contribution in [0.5, 0.6) is 0 Å². The van der Waals surface area contributed by atoms with Gasteiger partial charge in [-0.05, 0) is 18.9 Å². The van der Waals surface area contributed by atoms with Crippen molar-refractivity contribution in [2.45, 2.75) is 32.6 Å². The van der Waals surface area contributed by atoms with Crippen molar-refractivity contribution in [3.05, 3.63) is 24.5 Å². The molecule has 10 heavy (non-hydrogen) atoms. The summed E-state index contributed by atoms with van der Waals surface area (Å²) in [4.78, 5) is 0. The van der Waals surface area contributed by atoms with Crippen LogP contribution in [0.3, 0.4) is 0 Å². The minimum Gasteiger partial charge on any atom is -0.509 e. The van der Waals surface area contributed by atoms with Crippen LogP contribution in [-0.2, 0) is 0 Å². The largest absolute Gasteiger partial charge is 0.509 e. The summed E-state index contributed by atoms with van der Waals surface area (Å²) in [5.41, 5.74) is 0.